The molecule has 2 atom stereocenters. The molecule has 1 N–H and O–H groups in total. The molecule has 80 valence electrons. The predicted octanol–water partition coefficient (Wildman–Crippen LogP) is 3.07. The number of allylic oxidation sites excluding steroid dienone is 2. The molecule has 0 spiro atoms. The fraction of sp³-hybridized carbons (Fsp3) is 0.286. The molecular formula is C14H18O. The molecule has 0 aliphatic carbocycles. The summed E-state index contributed by atoms with van der Waals surface area (Å²) < 4.78 is 0. The van der Waals surface area contributed by atoms with Gasteiger partial charge < -0.3 is 5.11 Å². The van der Waals surface area contributed by atoms with E-state index in [1.807, 2.05) is 30.4 Å². The molecule has 0 fully saturated rings. The molecule has 1 aromatic rings. The molecule has 1 nitrogen and oxygen atoms in total. The summed E-state index contributed by atoms with van der Waals surface area (Å²) in [5.41, 5.74) is 0.968. The largest absolute Gasteiger partial charge is 0.389 e. The lowest BCUT2D eigenvalue weighted by Gasteiger charge is -2.22. The highest BCUT2D eigenvalue weighted by atomic mass is 16.3. The molecule has 1 aromatic carbocycles. The third kappa shape index (κ3) is 3.07. The minimum Gasteiger partial charge on any atom is -0.389 e. The average molecular weight is 202 g/mol. The van der Waals surface area contributed by atoms with Gasteiger partial charge in [-0.25, -0.2) is 0 Å². The van der Waals surface area contributed by atoms with Gasteiger partial charge in [0.15, 0.2) is 0 Å². The van der Waals surface area contributed by atoms with Gasteiger partial charge in [-0.05, 0) is 19.4 Å². The molecule has 0 amide bonds. The van der Waals surface area contributed by atoms with E-state index >= 15 is 0 Å². The smallest absolute Gasteiger partial charge is 0.0693 e. The van der Waals surface area contributed by atoms with Crippen LogP contribution in [-0.2, 0) is 5.41 Å². The third-order valence-corrected chi connectivity index (χ3v) is 2.54. The summed E-state index contributed by atoms with van der Waals surface area (Å²) >= 11 is 0. The number of aliphatic hydroxyl groups excluding tert-OH is 1. The lowest BCUT2D eigenvalue weighted by molar-refractivity contribution is 0.243. The summed E-state index contributed by atoms with van der Waals surface area (Å²) in [4.78, 5) is 0. The second kappa shape index (κ2) is 4.94. The lowest BCUT2D eigenvalue weighted by atomic mass is 9.82. The van der Waals surface area contributed by atoms with Crippen molar-refractivity contribution < 1.29 is 5.11 Å². The van der Waals surface area contributed by atoms with E-state index in [0.29, 0.717) is 0 Å². The van der Waals surface area contributed by atoms with E-state index in [9.17, 15) is 5.11 Å². The molecule has 0 aliphatic rings. The van der Waals surface area contributed by atoms with Crippen LogP contribution >= 0.6 is 0 Å². The van der Waals surface area contributed by atoms with Crippen LogP contribution in [0.15, 0.2) is 55.1 Å². The van der Waals surface area contributed by atoms with Gasteiger partial charge in [-0.2, -0.15) is 0 Å². The standard InChI is InChI=1S/C14H18O/c1-4-14(3,11-10-12(2)15)13-8-6-5-7-9-13/h4-12,15H,1H2,2-3H3/b11-10+/t12-,14-/m1/s1. The van der Waals surface area contributed by atoms with Gasteiger partial charge in [0, 0.05) is 5.41 Å². The summed E-state index contributed by atoms with van der Waals surface area (Å²) in [7, 11) is 0. The third-order valence-electron chi connectivity index (χ3n) is 2.54. The van der Waals surface area contributed by atoms with Gasteiger partial charge in [0.25, 0.3) is 0 Å². The van der Waals surface area contributed by atoms with Crippen LogP contribution < -0.4 is 0 Å². The van der Waals surface area contributed by atoms with Crippen molar-refractivity contribution in [3.05, 3.63) is 60.7 Å². The van der Waals surface area contributed by atoms with E-state index in [0.717, 1.165) is 0 Å². The maximum atomic E-state index is 9.24. The van der Waals surface area contributed by atoms with Gasteiger partial charge >= 0.3 is 0 Å². The molecule has 1 heteroatoms. The quantitative estimate of drug-likeness (QED) is 0.744. The van der Waals surface area contributed by atoms with E-state index in [-0.39, 0.29) is 5.41 Å². The fourth-order valence-corrected chi connectivity index (χ4v) is 1.42. The minimum atomic E-state index is -0.423. The maximum absolute atomic E-state index is 9.24. The Morgan fingerprint density at radius 1 is 1.33 bits per heavy atom. The highest BCUT2D eigenvalue weighted by molar-refractivity contribution is 5.35. The van der Waals surface area contributed by atoms with Crippen LogP contribution in [0, 0.1) is 0 Å². The Bertz CT molecular complexity index is 338. The Hall–Kier alpha value is -1.34. The number of hydrogen-bond donors (Lipinski definition) is 1. The lowest BCUT2D eigenvalue weighted by Crippen LogP contribution is -2.15. The second-order valence-electron chi connectivity index (χ2n) is 3.95. The van der Waals surface area contributed by atoms with Gasteiger partial charge in [-0.1, -0.05) is 48.6 Å². The van der Waals surface area contributed by atoms with Crippen molar-refractivity contribution in [1.82, 2.24) is 0 Å². The van der Waals surface area contributed by atoms with Crippen LogP contribution in [0.2, 0.25) is 0 Å². The Kier molecular flexibility index (Phi) is 3.87. The number of benzene rings is 1. The molecule has 0 radical (unpaired) electrons. The first-order valence-electron chi connectivity index (χ1n) is 5.15. The summed E-state index contributed by atoms with van der Waals surface area (Å²) in [5, 5.41) is 9.24. The molecular weight excluding hydrogens is 184 g/mol. The van der Waals surface area contributed by atoms with Crippen LogP contribution in [-0.4, -0.2) is 11.2 Å². The maximum Gasteiger partial charge on any atom is 0.0693 e. The van der Waals surface area contributed by atoms with Crippen molar-refractivity contribution >= 4 is 0 Å². The zero-order valence-corrected chi connectivity index (χ0v) is 9.35. The van der Waals surface area contributed by atoms with E-state index in [2.05, 4.69) is 25.6 Å². The van der Waals surface area contributed by atoms with E-state index < -0.39 is 6.10 Å². The Labute approximate surface area is 91.8 Å². The van der Waals surface area contributed by atoms with E-state index in [4.69, 9.17) is 0 Å². The van der Waals surface area contributed by atoms with Crippen LogP contribution in [0.4, 0.5) is 0 Å². The summed E-state index contributed by atoms with van der Waals surface area (Å²) in [5.74, 6) is 0. The monoisotopic (exact) mass is 202 g/mol. The first-order chi connectivity index (χ1) is 7.08. The highest BCUT2D eigenvalue weighted by Crippen LogP contribution is 2.26. The molecule has 15 heavy (non-hydrogen) atoms. The number of rotatable bonds is 4. The van der Waals surface area contributed by atoms with E-state index in [1.54, 1.807) is 13.0 Å². The number of hydrogen-bond acceptors (Lipinski definition) is 1. The van der Waals surface area contributed by atoms with Gasteiger partial charge in [-0.15, -0.1) is 6.58 Å². The Morgan fingerprint density at radius 3 is 2.40 bits per heavy atom. The van der Waals surface area contributed by atoms with Gasteiger partial charge in [0.1, 0.15) is 0 Å². The predicted molar refractivity (Wildman–Crippen MR) is 64.8 cm³/mol. The van der Waals surface area contributed by atoms with Crippen LogP contribution in [0.3, 0.4) is 0 Å². The molecule has 0 saturated carbocycles. The summed E-state index contributed by atoms with van der Waals surface area (Å²) in [6.07, 6.45) is 5.24. The summed E-state index contributed by atoms with van der Waals surface area (Å²) in [6.45, 7) is 7.67. The minimum absolute atomic E-state index is 0.210. The van der Waals surface area contributed by atoms with Crippen molar-refractivity contribution in [1.29, 1.82) is 0 Å². The van der Waals surface area contributed by atoms with E-state index in [1.165, 1.54) is 5.56 Å². The van der Waals surface area contributed by atoms with Gasteiger partial charge in [-0.3, -0.25) is 0 Å². The topological polar surface area (TPSA) is 20.2 Å². The van der Waals surface area contributed by atoms with Gasteiger partial charge in [0.05, 0.1) is 6.10 Å². The highest BCUT2D eigenvalue weighted by Gasteiger charge is 2.18. The molecule has 0 heterocycles. The van der Waals surface area contributed by atoms with Crippen molar-refractivity contribution in [2.45, 2.75) is 25.4 Å². The Morgan fingerprint density at radius 2 is 1.93 bits per heavy atom. The normalized spacial score (nSPS) is 17.3. The summed E-state index contributed by atoms with van der Waals surface area (Å²) in [6, 6.07) is 10.1. The van der Waals surface area contributed by atoms with Crippen molar-refractivity contribution in [3.8, 4) is 0 Å². The zero-order valence-electron chi connectivity index (χ0n) is 9.35. The van der Waals surface area contributed by atoms with Crippen LogP contribution in [0.1, 0.15) is 19.4 Å². The molecule has 0 saturated heterocycles. The first-order valence-corrected chi connectivity index (χ1v) is 5.15. The van der Waals surface area contributed by atoms with Crippen LogP contribution in [0.5, 0.6) is 0 Å². The van der Waals surface area contributed by atoms with Crippen molar-refractivity contribution in [2.75, 3.05) is 0 Å². The zero-order chi connectivity index (χ0) is 11.3. The van der Waals surface area contributed by atoms with Gasteiger partial charge in [0.2, 0.25) is 0 Å². The molecule has 0 aliphatic heterocycles. The average Bonchev–Trinajstić information content (AvgIpc) is 2.27. The van der Waals surface area contributed by atoms with Crippen molar-refractivity contribution in [2.24, 2.45) is 0 Å². The molecule has 0 unspecified atom stereocenters. The van der Waals surface area contributed by atoms with Crippen molar-refractivity contribution in [3.63, 3.8) is 0 Å². The SMILES string of the molecule is C=C[C@](C)(/C=C/[C@@H](C)O)c1ccccc1. The Balaban J connectivity index is 3.01. The molecule has 0 aromatic heterocycles. The van der Waals surface area contributed by atoms with Crippen LogP contribution in [0.25, 0.3) is 0 Å². The number of aliphatic hydroxyl groups is 1. The first kappa shape index (κ1) is 11.7. The second-order valence-corrected chi connectivity index (χ2v) is 3.95. The fourth-order valence-electron chi connectivity index (χ4n) is 1.42. The molecule has 1 rings (SSSR count). The molecule has 0 bridgehead atoms.